The molecule has 2 aromatic carbocycles. The van der Waals surface area contributed by atoms with Crippen molar-refractivity contribution in [1.82, 2.24) is 4.98 Å². The van der Waals surface area contributed by atoms with Crippen LogP contribution in [0.25, 0.3) is 21.2 Å². The Bertz CT molecular complexity index is 1050. The van der Waals surface area contributed by atoms with Crippen molar-refractivity contribution in [2.75, 3.05) is 5.32 Å². The first kappa shape index (κ1) is 14.9. The maximum Gasteiger partial charge on any atom is 0.255 e. The Balaban J connectivity index is 1.61. The highest BCUT2D eigenvalue weighted by Crippen LogP contribution is 2.25. The molecule has 0 aliphatic heterocycles. The molecule has 0 saturated heterocycles. The molecule has 0 bridgehead atoms. The van der Waals surface area contributed by atoms with E-state index in [1.165, 1.54) is 4.70 Å². The molecule has 0 fully saturated rings. The zero-order chi connectivity index (χ0) is 16.7. The molecule has 0 aliphatic carbocycles. The van der Waals surface area contributed by atoms with Crippen molar-refractivity contribution in [3.05, 3.63) is 59.3 Å². The van der Waals surface area contributed by atoms with E-state index in [2.05, 4.69) is 10.3 Å². The Morgan fingerprint density at radius 3 is 2.88 bits per heavy atom. The summed E-state index contributed by atoms with van der Waals surface area (Å²) in [6, 6.07) is 13.3. The predicted molar refractivity (Wildman–Crippen MR) is 97.9 cm³/mol. The molecule has 120 valence electrons. The number of anilines is 1. The number of carbonyl (C=O) groups excluding carboxylic acids is 1. The van der Waals surface area contributed by atoms with Gasteiger partial charge in [-0.1, -0.05) is 13.8 Å². The van der Waals surface area contributed by atoms with Crippen LogP contribution >= 0.6 is 11.3 Å². The van der Waals surface area contributed by atoms with Gasteiger partial charge in [0.15, 0.2) is 11.5 Å². The minimum atomic E-state index is -0.130. The smallest absolute Gasteiger partial charge is 0.255 e. The number of amides is 1. The highest BCUT2D eigenvalue weighted by Gasteiger charge is 2.12. The van der Waals surface area contributed by atoms with Crippen molar-refractivity contribution in [3.63, 3.8) is 0 Å². The molecular formula is C19H16N2O2S. The Kier molecular flexibility index (Phi) is 3.58. The van der Waals surface area contributed by atoms with Crippen LogP contribution in [-0.4, -0.2) is 10.9 Å². The van der Waals surface area contributed by atoms with Crippen LogP contribution in [0.3, 0.4) is 0 Å². The van der Waals surface area contributed by atoms with Crippen molar-refractivity contribution < 1.29 is 9.21 Å². The normalized spacial score (nSPS) is 11.5. The molecule has 0 radical (unpaired) electrons. The Labute approximate surface area is 143 Å². The summed E-state index contributed by atoms with van der Waals surface area (Å²) in [5.41, 5.74) is 2.84. The third-order valence-electron chi connectivity index (χ3n) is 3.87. The first-order chi connectivity index (χ1) is 11.6. The molecule has 4 rings (SSSR count). The van der Waals surface area contributed by atoms with Crippen molar-refractivity contribution in [2.24, 2.45) is 0 Å². The summed E-state index contributed by atoms with van der Waals surface area (Å²) in [4.78, 5) is 16.9. The summed E-state index contributed by atoms with van der Waals surface area (Å²) in [5, 5.41) is 6.04. The van der Waals surface area contributed by atoms with E-state index >= 15 is 0 Å². The van der Waals surface area contributed by atoms with Crippen LogP contribution in [0.15, 0.2) is 52.3 Å². The van der Waals surface area contributed by atoms with Gasteiger partial charge in [0, 0.05) is 21.9 Å². The summed E-state index contributed by atoms with van der Waals surface area (Å²) in [7, 11) is 0. The zero-order valence-electron chi connectivity index (χ0n) is 13.4. The van der Waals surface area contributed by atoms with Gasteiger partial charge in [-0.25, -0.2) is 4.98 Å². The summed E-state index contributed by atoms with van der Waals surface area (Å²) in [6.45, 7) is 4.07. The number of carbonyl (C=O) groups is 1. The lowest BCUT2D eigenvalue weighted by atomic mass is 10.1. The molecular weight excluding hydrogens is 320 g/mol. The van der Waals surface area contributed by atoms with Crippen LogP contribution in [0.2, 0.25) is 0 Å². The van der Waals surface area contributed by atoms with Crippen LogP contribution in [-0.2, 0) is 0 Å². The van der Waals surface area contributed by atoms with Gasteiger partial charge in [0.25, 0.3) is 5.91 Å². The molecule has 1 N–H and O–H groups in total. The largest absolute Gasteiger partial charge is 0.440 e. The number of nitrogens with one attached hydrogen (secondary N) is 1. The topological polar surface area (TPSA) is 55.1 Å². The van der Waals surface area contributed by atoms with E-state index in [9.17, 15) is 4.79 Å². The van der Waals surface area contributed by atoms with Gasteiger partial charge in [-0.15, -0.1) is 11.3 Å². The Morgan fingerprint density at radius 2 is 2.04 bits per heavy atom. The standard InChI is InChI=1S/C19H16N2O2S/c1-11(2)19-21-15-10-14(4-5-16(15)23-19)20-18(22)13-3-6-17-12(9-13)7-8-24-17/h3-11H,1-2H3,(H,20,22). The number of hydrogen-bond acceptors (Lipinski definition) is 4. The van der Waals surface area contributed by atoms with Gasteiger partial charge >= 0.3 is 0 Å². The SMILES string of the molecule is CC(C)c1nc2cc(NC(=O)c3ccc4sccc4c3)ccc2o1. The van der Waals surface area contributed by atoms with E-state index in [0.29, 0.717) is 17.1 Å². The third kappa shape index (κ3) is 2.67. The predicted octanol–water partition coefficient (Wildman–Crippen LogP) is 5.42. The fourth-order valence-electron chi connectivity index (χ4n) is 2.58. The number of fused-ring (bicyclic) bond motifs is 2. The number of benzene rings is 2. The fraction of sp³-hybridized carbons (Fsp3) is 0.158. The quantitative estimate of drug-likeness (QED) is 0.543. The molecule has 0 unspecified atom stereocenters. The molecule has 4 aromatic rings. The molecule has 4 nitrogen and oxygen atoms in total. The molecule has 2 aromatic heterocycles. The van der Waals surface area contributed by atoms with Crippen LogP contribution in [0, 0.1) is 0 Å². The molecule has 0 saturated carbocycles. The monoisotopic (exact) mass is 336 g/mol. The molecule has 5 heteroatoms. The van der Waals surface area contributed by atoms with Crippen LogP contribution in [0.1, 0.15) is 36.0 Å². The number of aromatic nitrogens is 1. The van der Waals surface area contributed by atoms with E-state index < -0.39 is 0 Å². The molecule has 0 aliphatic rings. The average molecular weight is 336 g/mol. The van der Waals surface area contributed by atoms with Crippen LogP contribution in [0.5, 0.6) is 0 Å². The summed E-state index contributed by atoms with van der Waals surface area (Å²) in [6.07, 6.45) is 0. The van der Waals surface area contributed by atoms with Crippen molar-refractivity contribution in [2.45, 2.75) is 19.8 Å². The van der Waals surface area contributed by atoms with Gasteiger partial charge in [0.2, 0.25) is 0 Å². The van der Waals surface area contributed by atoms with Crippen molar-refractivity contribution in [3.8, 4) is 0 Å². The van der Waals surface area contributed by atoms with Crippen LogP contribution in [0.4, 0.5) is 5.69 Å². The zero-order valence-corrected chi connectivity index (χ0v) is 14.2. The van der Waals surface area contributed by atoms with Crippen molar-refractivity contribution >= 4 is 44.1 Å². The lowest BCUT2D eigenvalue weighted by Gasteiger charge is -2.05. The highest BCUT2D eigenvalue weighted by atomic mass is 32.1. The second-order valence-electron chi connectivity index (χ2n) is 6.02. The number of thiophene rings is 1. The first-order valence-corrected chi connectivity index (χ1v) is 8.67. The Hall–Kier alpha value is -2.66. The van der Waals surface area contributed by atoms with Crippen LogP contribution < -0.4 is 5.32 Å². The second kappa shape index (κ2) is 5.76. The van der Waals surface area contributed by atoms with Gasteiger partial charge in [-0.2, -0.15) is 0 Å². The van der Waals surface area contributed by atoms with Gasteiger partial charge in [0.05, 0.1) is 0 Å². The Morgan fingerprint density at radius 1 is 1.17 bits per heavy atom. The van der Waals surface area contributed by atoms with E-state index in [1.54, 1.807) is 11.3 Å². The summed E-state index contributed by atoms with van der Waals surface area (Å²) < 4.78 is 6.87. The fourth-order valence-corrected chi connectivity index (χ4v) is 3.35. The molecule has 1 amide bonds. The second-order valence-corrected chi connectivity index (χ2v) is 6.96. The number of rotatable bonds is 3. The van der Waals surface area contributed by atoms with E-state index in [0.717, 1.165) is 16.5 Å². The lowest BCUT2D eigenvalue weighted by molar-refractivity contribution is 0.102. The minimum absolute atomic E-state index is 0.130. The van der Waals surface area contributed by atoms with Gasteiger partial charge in [-0.05, 0) is 53.2 Å². The average Bonchev–Trinajstić information content (AvgIpc) is 3.20. The number of nitrogens with zero attached hydrogens (tertiary/aromatic N) is 1. The minimum Gasteiger partial charge on any atom is -0.440 e. The maximum atomic E-state index is 12.5. The summed E-state index contributed by atoms with van der Waals surface area (Å²) in [5.74, 6) is 0.805. The third-order valence-corrected chi connectivity index (χ3v) is 4.77. The number of hydrogen-bond donors (Lipinski definition) is 1. The highest BCUT2D eigenvalue weighted by molar-refractivity contribution is 7.17. The molecule has 24 heavy (non-hydrogen) atoms. The van der Waals surface area contributed by atoms with Gasteiger partial charge < -0.3 is 9.73 Å². The summed E-state index contributed by atoms with van der Waals surface area (Å²) >= 11 is 1.67. The first-order valence-electron chi connectivity index (χ1n) is 7.79. The van der Waals surface area contributed by atoms with Gasteiger partial charge in [-0.3, -0.25) is 4.79 Å². The molecule has 0 atom stereocenters. The number of oxazole rings is 1. The molecule has 2 heterocycles. The van der Waals surface area contributed by atoms with Crippen molar-refractivity contribution in [1.29, 1.82) is 0 Å². The molecule has 0 spiro atoms. The van der Waals surface area contributed by atoms with E-state index in [4.69, 9.17) is 4.42 Å². The van der Waals surface area contributed by atoms with Gasteiger partial charge in [0.1, 0.15) is 5.52 Å². The maximum absolute atomic E-state index is 12.5. The van der Waals surface area contributed by atoms with E-state index in [1.807, 2.05) is 61.7 Å². The van der Waals surface area contributed by atoms with E-state index in [-0.39, 0.29) is 11.8 Å². The lowest BCUT2D eigenvalue weighted by Crippen LogP contribution is -2.11.